The molecular formula is C13H7ClN4. The van der Waals surface area contributed by atoms with Gasteiger partial charge in [0, 0.05) is 17.8 Å². The molecule has 1 aromatic carbocycles. The van der Waals surface area contributed by atoms with Gasteiger partial charge in [-0.25, -0.2) is 9.50 Å². The van der Waals surface area contributed by atoms with Gasteiger partial charge in [0.15, 0.2) is 11.5 Å². The number of aromatic nitrogens is 3. The van der Waals surface area contributed by atoms with Crippen LogP contribution < -0.4 is 0 Å². The molecule has 5 heteroatoms. The monoisotopic (exact) mass is 254 g/mol. The number of hydrogen-bond donors (Lipinski definition) is 0. The lowest BCUT2D eigenvalue weighted by Gasteiger charge is -1.96. The van der Waals surface area contributed by atoms with Gasteiger partial charge in [-0.15, -0.1) is 5.10 Å². The van der Waals surface area contributed by atoms with Gasteiger partial charge in [-0.3, -0.25) is 0 Å². The number of halogens is 1. The van der Waals surface area contributed by atoms with Crippen molar-refractivity contribution in [3.63, 3.8) is 0 Å². The van der Waals surface area contributed by atoms with Crippen LogP contribution in [0.4, 0.5) is 0 Å². The zero-order valence-electron chi connectivity index (χ0n) is 9.21. The number of nitriles is 1. The number of fused-ring (bicyclic) bond motifs is 1. The van der Waals surface area contributed by atoms with Crippen molar-refractivity contribution in [2.75, 3.05) is 0 Å². The maximum atomic E-state index is 8.84. The zero-order valence-corrected chi connectivity index (χ0v) is 9.96. The van der Waals surface area contributed by atoms with Crippen molar-refractivity contribution in [3.8, 4) is 17.5 Å². The summed E-state index contributed by atoms with van der Waals surface area (Å²) >= 11 is 6.10. The molecule has 86 valence electrons. The first-order valence-corrected chi connectivity index (χ1v) is 5.67. The summed E-state index contributed by atoms with van der Waals surface area (Å²) in [7, 11) is 0. The fourth-order valence-electron chi connectivity index (χ4n) is 1.71. The van der Waals surface area contributed by atoms with Gasteiger partial charge in [-0.2, -0.15) is 5.26 Å². The second kappa shape index (κ2) is 4.13. The van der Waals surface area contributed by atoms with E-state index in [4.69, 9.17) is 16.9 Å². The third kappa shape index (κ3) is 1.71. The summed E-state index contributed by atoms with van der Waals surface area (Å²) in [6, 6.07) is 12.9. The molecule has 0 N–H and O–H groups in total. The number of benzene rings is 1. The summed E-state index contributed by atoms with van der Waals surface area (Å²) in [5, 5.41) is 13.8. The molecular weight excluding hydrogens is 248 g/mol. The van der Waals surface area contributed by atoms with Crippen LogP contribution in [0.25, 0.3) is 17.0 Å². The lowest BCUT2D eigenvalue weighted by molar-refractivity contribution is 0.964. The fraction of sp³-hybridized carbons (Fsp3) is 0. The molecule has 0 atom stereocenters. The molecule has 0 spiro atoms. The first kappa shape index (κ1) is 10.8. The largest absolute Gasteiger partial charge is 0.220 e. The first-order valence-electron chi connectivity index (χ1n) is 5.29. The Morgan fingerprint density at radius 1 is 1.22 bits per heavy atom. The first-order chi connectivity index (χ1) is 8.78. The van der Waals surface area contributed by atoms with Crippen molar-refractivity contribution >= 4 is 17.2 Å². The van der Waals surface area contributed by atoms with Gasteiger partial charge in [0.05, 0.1) is 16.7 Å². The number of hydrogen-bond acceptors (Lipinski definition) is 3. The van der Waals surface area contributed by atoms with Gasteiger partial charge in [0.2, 0.25) is 0 Å². The standard InChI is InChI=1S/C13H7ClN4/c14-11-4-2-1-3-10(11)13-16-12-7-9(8-15)5-6-18(12)17-13/h1-7H. The molecule has 3 aromatic rings. The van der Waals surface area contributed by atoms with Gasteiger partial charge in [0.1, 0.15) is 0 Å². The SMILES string of the molecule is N#Cc1ccn2nc(-c3ccccc3Cl)nc2c1. The molecule has 0 aliphatic heterocycles. The predicted molar refractivity (Wildman–Crippen MR) is 68.1 cm³/mol. The molecule has 0 saturated carbocycles. The van der Waals surface area contributed by atoms with E-state index in [-0.39, 0.29) is 0 Å². The number of nitrogens with zero attached hydrogens (tertiary/aromatic N) is 4. The second-order valence-corrected chi connectivity index (χ2v) is 4.15. The van der Waals surface area contributed by atoms with Crippen LogP contribution in [0.2, 0.25) is 5.02 Å². The highest BCUT2D eigenvalue weighted by atomic mass is 35.5. The van der Waals surface area contributed by atoms with E-state index in [9.17, 15) is 0 Å². The quantitative estimate of drug-likeness (QED) is 0.671. The van der Waals surface area contributed by atoms with Crippen LogP contribution >= 0.6 is 11.6 Å². The van der Waals surface area contributed by atoms with Gasteiger partial charge in [-0.05, 0) is 18.2 Å². The van der Waals surface area contributed by atoms with Crippen molar-refractivity contribution in [2.45, 2.75) is 0 Å². The van der Waals surface area contributed by atoms with Crippen molar-refractivity contribution < 1.29 is 0 Å². The van der Waals surface area contributed by atoms with Crippen LogP contribution in [0.15, 0.2) is 42.6 Å². The topological polar surface area (TPSA) is 54.0 Å². The Bertz CT molecular complexity index is 770. The van der Waals surface area contributed by atoms with E-state index < -0.39 is 0 Å². The molecule has 18 heavy (non-hydrogen) atoms. The summed E-state index contributed by atoms with van der Waals surface area (Å²) < 4.78 is 1.62. The number of rotatable bonds is 1. The minimum Gasteiger partial charge on any atom is -0.220 e. The second-order valence-electron chi connectivity index (χ2n) is 3.75. The molecule has 0 amide bonds. The zero-order chi connectivity index (χ0) is 12.5. The smallest absolute Gasteiger partial charge is 0.183 e. The van der Waals surface area contributed by atoms with E-state index in [1.807, 2.05) is 18.2 Å². The van der Waals surface area contributed by atoms with E-state index in [0.717, 1.165) is 5.56 Å². The van der Waals surface area contributed by atoms with Crippen molar-refractivity contribution in [1.29, 1.82) is 5.26 Å². The lowest BCUT2D eigenvalue weighted by Crippen LogP contribution is -1.87. The van der Waals surface area contributed by atoms with E-state index in [1.165, 1.54) is 0 Å². The molecule has 0 radical (unpaired) electrons. The lowest BCUT2D eigenvalue weighted by atomic mass is 10.2. The van der Waals surface area contributed by atoms with Crippen molar-refractivity contribution in [1.82, 2.24) is 14.6 Å². The third-order valence-electron chi connectivity index (χ3n) is 2.58. The van der Waals surface area contributed by atoms with Crippen LogP contribution in [-0.2, 0) is 0 Å². The molecule has 0 bridgehead atoms. The van der Waals surface area contributed by atoms with Gasteiger partial charge in [0.25, 0.3) is 0 Å². The van der Waals surface area contributed by atoms with E-state index in [0.29, 0.717) is 22.1 Å². The Kier molecular flexibility index (Phi) is 2.47. The van der Waals surface area contributed by atoms with Crippen LogP contribution in [-0.4, -0.2) is 14.6 Å². The Balaban J connectivity index is 2.20. The highest BCUT2D eigenvalue weighted by molar-refractivity contribution is 6.33. The molecule has 0 fully saturated rings. The normalized spacial score (nSPS) is 10.4. The minimum atomic E-state index is 0.552. The minimum absolute atomic E-state index is 0.552. The maximum Gasteiger partial charge on any atom is 0.183 e. The van der Waals surface area contributed by atoms with Gasteiger partial charge < -0.3 is 0 Å². The van der Waals surface area contributed by atoms with Crippen LogP contribution in [0.3, 0.4) is 0 Å². The molecule has 2 aromatic heterocycles. The molecule has 0 unspecified atom stereocenters. The third-order valence-corrected chi connectivity index (χ3v) is 2.91. The Hall–Kier alpha value is -2.38. The summed E-state index contributed by atoms with van der Waals surface area (Å²) in [4.78, 5) is 4.37. The molecule has 3 rings (SSSR count). The highest BCUT2D eigenvalue weighted by Gasteiger charge is 2.09. The molecule has 0 saturated heterocycles. The van der Waals surface area contributed by atoms with Crippen LogP contribution in [0.1, 0.15) is 5.56 Å². The van der Waals surface area contributed by atoms with Crippen LogP contribution in [0.5, 0.6) is 0 Å². The van der Waals surface area contributed by atoms with Crippen LogP contribution in [0, 0.1) is 11.3 Å². The molecule has 0 aliphatic carbocycles. The highest BCUT2D eigenvalue weighted by Crippen LogP contribution is 2.25. The van der Waals surface area contributed by atoms with Crippen molar-refractivity contribution in [3.05, 3.63) is 53.2 Å². The summed E-state index contributed by atoms with van der Waals surface area (Å²) in [5.41, 5.74) is 1.96. The van der Waals surface area contributed by atoms with Gasteiger partial charge in [-0.1, -0.05) is 23.7 Å². The summed E-state index contributed by atoms with van der Waals surface area (Å²) in [6.45, 7) is 0. The average Bonchev–Trinajstić information content (AvgIpc) is 2.81. The average molecular weight is 255 g/mol. The maximum absolute atomic E-state index is 8.84. The molecule has 2 heterocycles. The summed E-state index contributed by atoms with van der Waals surface area (Å²) in [5.74, 6) is 0.552. The number of pyridine rings is 1. The van der Waals surface area contributed by atoms with Crippen molar-refractivity contribution in [2.24, 2.45) is 0 Å². The fourth-order valence-corrected chi connectivity index (χ4v) is 1.93. The van der Waals surface area contributed by atoms with E-state index in [1.54, 1.807) is 28.9 Å². The summed E-state index contributed by atoms with van der Waals surface area (Å²) in [6.07, 6.45) is 1.71. The van der Waals surface area contributed by atoms with Gasteiger partial charge >= 0.3 is 0 Å². The Morgan fingerprint density at radius 3 is 2.83 bits per heavy atom. The predicted octanol–water partition coefficient (Wildman–Crippen LogP) is 2.92. The Morgan fingerprint density at radius 2 is 2.06 bits per heavy atom. The van der Waals surface area contributed by atoms with E-state index in [2.05, 4.69) is 16.2 Å². The van der Waals surface area contributed by atoms with E-state index >= 15 is 0 Å². The Labute approximate surface area is 108 Å². The molecule has 0 aliphatic rings. The molecule has 4 nitrogen and oxygen atoms in total.